The van der Waals surface area contributed by atoms with E-state index in [1.54, 1.807) is 0 Å². The third kappa shape index (κ3) is 185. The molecule has 0 amide bonds. The Bertz CT molecular complexity index is 90.7. The molecule has 6 heavy (non-hydrogen) atoms. The molecule has 6 heteroatoms. The zero-order valence-electron chi connectivity index (χ0n) is 2.44. The van der Waals surface area contributed by atoms with Crippen LogP contribution in [-0.4, -0.2) is 17.5 Å². The maximum Gasteiger partial charge on any atom is 2.00 e. The van der Waals surface area contributed by atoms with E-state index >= 15 is 0 Å². The normalized spacial score (nSPS) is 9.67. The molecule has 0 heterocycles. The van der Waals surface area contributed by atoms with Crippen molar-refractivity contribution in [3.8, 4) is 0 Å². The molecule has 2 N–H and O–H groups in total. The topological polar surface area (TPSA) is 74.6 Å². The van der Waals surface area contributed by atoms with E-state index < -0.39 is 10.4 Å². The molecule has 0 rings (SSSR count). The summed E-state index contributed by atoms with van der Waals surface area (Å²) in [5.74, 6) is 0. The second kappa shape index (κ2) is 2.69. The van der Waals surface area contributed by atoms with Crippen molar-refractivity contribution in [2.24, 2.45) is 0 Å². The minimum atomic E-state index is -4.67. The average molecular weight is 293 g/mol. The molecule has 0 unspecified atom stereocenters. The van der Waals surface area contributed by atoms with Gasteiger partial charge in [-0.1, -0.05) is 0 Å². The van der Waals surface area contributed by atoms with Crippen LogP contribution in [0.1, 0.15) is 0 Å². The van der Waals surface area contributed by atoms with Gasteiger partial charge < -0.3 is 0 Å². The summed E-state index contributed by atoms with van der Waals surface area (Å²) in [6, 6.07) is 0. The molecule has 0 saturated carbocycles. The van der Waals surface area contributed by atoms with Gasteiger partial charge in [-0.2, -0.15) is 8.42 Å². The average Bonchev–Trinajstić information content (AvgIpc) is 0.722. The van der Waals surface area contributed by atoms with Crippen LogP contribution in [0.5, 0.6) is 0 Å². The number of hydrogen-bond acceptors (Lipinski definition) is 2. The summed E-state index contributed by atoms with van der Waals surface area (Å²) in [6.07, 6.45) is 0. The Morgan fingerprint density at radius 2 is 1.17 bits per heavy atom. The minimum Gasteiger partial charge on any atom is -0.264 e. The van der Waals surface area contributed by atoms with E-state index in [2.05, 4.69) is 0 Å². The molecule has 4 nitrogen and oxygen atoms in total. The van der Waals surface area contributed by atoms with Crippen LogP contribution in [0.15, 0.2) is 0 Å². The van der Waals surface area contributed by atoms with Crippen LogP contribution in [0, 0.1) is 0 Å². The molecule has 0 aliphatic heterocycles. The third-order valence-corrected chi connectivity index (χ3v) is 0. The van der Waals surface area contributed by atoms with E-state index in [0.717, 1.165) is 0 Å². The molecular formula is H2O4PtS+2. The maximum atomic E-state index is 8.74. The Balaban J connectivity index is 0. The van der Waals surface area contributed by atoms with Gasteiger partial charge in [0.2, 0.25) is 0 Å². The largest absolute Gasteiger partial charge is 2.00 e. The zero-order valence-corrected chi connectivity index (χ0v) is 5.52. The summed E-state index contributed by atoms with van der Waals surface area (Å²) in [4.78, 5) is 0. The summed E-state index contributed by atoms with van der Waals surface area (Å²) in [5, 5.41) is 0. The van der Waals surface area contributed by atoms with Crippen molar-refractivity contribution in [2.45, 2.75) is 0 Å². The van der Waals surface area contributed by atoms with Gasteiger partial charge in [-0.3, -0.25) is 9.11 Å². The molecule has 0 spiro atoms. The van der Waals surface area contributed by atoms with Gasteiger partial charge in [0, 0.05) is 0 Å². The first-order valence-electron chi connectivity index (χ1n) is 0.698. The molecule has 0 fully saturated rings. The second-order valence-electron chi connectivity index (χ2n) is 0.448. The van der Waals surface area contributed by atoms with Gasteiger partial charge in [0.15, 0.2) is 0 Å². The van der Waals surface area contributed by atoms with Gasteiger partial charge in [0.1, 0.15) is 0 Å². The summed E-state index contributed by atoms with van der Waals surface area (Å²) < 4.78 is 31.6. The zero-order chi connectivity index (χ0) is 4.50. The van der Waals surface area contributed by atoms with Gasteiger partial charge in [-0.25, -0.2) is 0 Å². The summed E-state index contributed by atoms with van der Waals surface area (Å²) in [6.45, 7) is 0. The summed E-state index contributed by atoms with van der Waals surface area (Å²) in [5.41, 5.74) is 0. The van der Waals surface area contributed by atoms with Crippen LogP contribution in [0.3, 0.4) is 0 Å². The minimum absolute atomic E-state index is 0. The molecule has 0 saturated heterocycles. The number of hydrogen-bond donors (Lipinski definition) is 2. The molecule has 0 aromatic heterocycles. The van der Waals surface area contributed by atoms with Gasteiger partial charge in [0.25, 0.3) is 0 Å². The van der Waals surface area contributed by atoms with Crippen molar-refractivity contribution in [2.75, 3.05) is 0 Å². The first-order valence-corrected chi connectivity index (χ1v) is 2.10. The quantitative estimate of drug-likeness (QED) is 0.582. The molecule has 0 aliphatic rings. The van der Waals surface area contributed by atoms with Crippen molar-refractivity contribution in [3.05, 3.63) is 0 Å². The monoisotopic (exact) mass is 293 g/mol. The standard InChI is InChI=1S/H2O4S.Pt/c1-5(2,3)4;/h(H2,1,2,3,4);/q;+2. The van der Waals surface area contributed by atoms with Crippen LogP contribution in [-0.2, 0) is 31.5 Å². The van der Waals surface area contributed by atoms with Crippen LogP contribution in [0.4, 0.5) is 0 Å². The Kier molecular flexibility index (Phi) is 4.36. The fraction of sp³-hybridized carbons (Fsp3) is 0. The van der Waals surface area contributed by atoms with Gasteiger partial charge >= 0.3 is 31.5 Å². The third-order valence-electron chi connectivity index (χ3n) is 0. The fourth-order valence-electron chi connectivity index (χ4n) is 0. The van der Waals surface area contributed by atoms with Crippen molar-refractivity contribution >= 4 is 10.4 Å². The smallest absolute Gasteiger partial charge is 0.264 e. The first-order chi connectivity index (χ1) is 2.00. The van der Waals surface area contributed by atoms with E-state index in [1.165, 1.54) is 0 Å². The van der Waals surface area contributed by atoms with Gasteiger partial charge in [-0.15, -0.1) is 0 Å². The van der Waals surface area contributed by atoms with E-state index in [-0.39, 0.29) is 21.1 Å². The summed E-state index contributed by atoms with van der Waals surface area (Å²) in [7, 11) is -4.67. The second-order valence-corrected chi connectivity index (χ2v) is 1.34. The van der Waals surface area contributed by atoms with Crippen LogP contribution >= 0.6 is 0 Å². The molecule has 0 aromatic rings. The van der Waals surface area contributed by atoms with Crippen LogP contribution in [0.25, 0.3) is 0 Å². The van der Waals surface area contributed by atoms with Crippen molar-refractivity contribution in [3.63, 3.8) is 0 Å². The van der Waals surface area contributed by atoms with E-state index in [1.807, 2.05) is 0 Å². The molecule has 0 atom stereocenters. The Morgan fingerprint density at radius 1 is 1.17 bits per heavy atom. The van der Waals surface area contributed by atoms with Crippen molar-refractivity contribution in [1.29, 1.82) is 0 Å². The molecule has 0 bridgehead atoms. The Hall–Kier alpha value is 0.558. The molecule has 0 radical (unpaired) electrons. The molecular weight excluding hydrogens is 291 g/mol. The maximum absolute atomic E-state index is 8.74. The Morgan fingerprint density at radius 3 is 1.17 bits per heavy atom. The van der Waals surface area contributed by atoms with Crippen molar-refractivity contribution < 1.29 is 38.6 Å². The predicted octanol–water partition coefficient (Wildman–Crippen LogP) is -0.655. The molecule has 0 aliphatic carbocycles. The fourth-order valence-corrected chi connectivity index (χ4v) is 0. The number of rotatable bonds is 0. The molecule has 40 valence electrons. The predicted molar refractivity (Wildman–Crippen MR) is 14.2 cm³/mol. The van der Waals surface area contributed by atoms with Gasteiger partial charge in [-0.05, 0) is 0 Å². The van der Waals surface area contributed by atoms with Crippen molar-refractivity contribution in [1.82, 2.24) is 0 Å². The van der Waals surface area contributed by atoms with Crippen LogP contribution in [0.2, 0.25) is 0 Å². The Labute approximate surface area is 49.4 Å². The van der Waals surface area contributed by atoms with E-state index in [4.69, 9.17) is 17.5 Å². The first kappa shape index (κ1) is 9.75. The summed E-state index contributed by atoms with van der Waals surface area (Å²) >= 11 is 0. The van der Waals surface area contributed by atoms with Crippen LogP contribution < -0.4 is 0 Å². The SMILES string of the molecule is O=S(=O)(O)O.[Pt+2]. The van der Waals surface area contributed by atoms with E-state index in [9.17, 15) is 0 Å². The molecule has 0 aromatic carbocycles. The van der Waals surface area contributed by atoms with Gasteiger partial charge in [0.05, 0.1) is 0 Å². The van der Waals surface area contributed by atoms with E-state index in [0.29, 0.717) is 0 Å².